The molecule has 108 valence electrons. The third-order valence-electron chi connectivity index (χ3n) is 4.38. The topological polar surface area (TPSA) is 29.1 Å². The Labute approximate surface area is 122 Å². The van der Waals surface area contributed by atoms with Crippen LogP contribution in [0.3, 0.4) is 0 Å². The van der Waals surface area contributed by atoms with Crippen molar-refractivity contribution in [3.05, 3.63) is 42.5 Å². The molecule has 0 atom stereocenters. The first-order chi connectivity index (χ1) is 9.72. The normalized spacial score (nSPS) is 22.2. The minimum Gasteiger partial charge on any atom is -0.323 e. The molecule has 1 N–H and O–H groups in total. The first kappa shape index (κ1) is 14.8. The molecule has 1 amide bonds. The predicted octanol–water partition coefficient (Wildman–Crippen LogP) is 4.89. The van der Waals surface area contributed by atoms with Crippen LogP contribution in [-0.4, -0.2) is 5.91 Å². The molecule has 0 saturated heterocycles. The molecule has 2 nitrogen and oxygen atoms in total. The van der Waals surface area contributed by atoms with Gasteiger partial charge in [-0.2, -0.15) is 0 Å². The van der Waals surface area contributed by atoms with Crippen molar-refractivity contribution in [1.29, 1.82) is 0 Å². The van der Waals surface area contributed by atoms with E-state index in [1.165, 1.54) is 50.2 Å². The van der Waals surface area contributed by atoms with Gasteiger partial charge in [0.25, 0.3) is 0 Å². The maximum absolute atomic E-state index is 11.2. The summed E-state index contributed by atoms with van der Waals surface area (Å²) in [6.07, 6.45) is 9.35. The molecule has 0 unspecified atom stereocenters. The number of carbonyl (C=O) groups excluding carboxylic acids is 1. The predicted molar refractivity (Wildman–Crippen MR) is 84.9 cm³/mol. The number of amides is 1. The molecule has 1 aliphatic carbocycles. The van der Waals surface area contributed by atoms with Crippen LogP contribution in [0.25, 0.3) is 0 Å². The number of hydrogen-bond acceptors (Lipinski definition) is 1. The zero-order valence-electron chi connectivity index (χ0n) is 12.4. The minimum absolute atomic E-state index is 0.155. The van der Waals surface area contributed by atoms with Crippen LogP contribution in [0, 0.1) is 5.92 Å². The summed E-state index contributed by atoms with van der Waals surface area (Å²) < 4.78 is 0. The number of anilines is 1. The van der Waals surface area contributed by atoms with Crippen molar-refractivity contribution in [2.24, 2.45) is 5.92 Å². The highest BCUT2D eigenvalue weighted by Gasteiger charge is 2.21. The van der Waals surface area contributed by atoms with E-state index in [0.717, 1.165) is 11.6 Å². The molecule has 1 fully saturated rings. The van der Waals surface area contributed by atoms with Crippen molar-refractivity contribution in [2.75, 3.05) is 5.32 Å². The molecule has 20 heavy (non-hydrogen) atoms. The van der Waals surface area contributed by atoms with Gasteiger partial charge < -0.3 is 5.32 Å². The molecule has 2 heteroatoms. The lowest BCUT2D eigenvalue weighted by Gasteiger charge is -2.28. The smallest absolute Gasteiger partial charge is 0.247 e. The van der Waals surface area contributed by atoms with Crippen LogP contribution >= 0.6 is 0 Å². The van der Waals surface area contributed by atoms with Gasteiger partial charge in [-0.3, -0.25) is 4.79 Å². The van der Waals surface area contributed by atoms with Gasteiger partial charge in [0, 0.05) is 5.69 Å². The molecule has 1 aromatic rings. The van der Waals surface area contributed by atoms with Crippen LogP contribution in [0.4, 0.5) is 5.69 Å². The maximum atomic E-state index is 11.2. The molecule has 0 aliphatic heterocycles. The Morgan fingerprint density at radius 3 is 2.45 bits per heavy atom. The maximum Gasteiger partial charge on any atom is 0.247 e. The van der Waals surface area contributed by atoms with Crippen LogP contribution in [0.5, 0.6) is 0 Å². The SMILES string of the molecule is C=CC(=O)Nc1ccc(C2CCC(CCC)CC2)cc1. The Bertz CT molecular complexity index is 441. The molecule has 0 spiro atoms. The van der Waals surface area contributed by atoms with Crippen LogP contribution in [0.1, 0.15) is 56.9 Å². The van der Waals surface area contributed by atoms with E-state index in [2.05, 4.69) is 31.0 Å². The summed E-state index contributed by atoms with van der Waals surface area (Å²) in [7, 11) is 0. The van der Waals surface area contributed by atoms with E-state index in [-0.39, 0.29) is 5.91 Å². The third-order valence-corrected chi connectivity index (χ3v) is 4.38. The first-order valence-electron chi connectivity index (χ1n) is 7.76. The average molecular weight is 271 g/mol. The minimum atomic E-state index is -0.155. The van der Waals surface area contributed by atoms with Gasteiger partial charge in [-0.1, -0.05) is 38.5 Å². The zero-order valence-corrected chi connectivity index (χ0v) is 12.4. The summed E-state index contributed by atoms with van der Waals surface area (Å²) in [5.74, 6) is 1.49. The Hall–Kier alpha value is -1.57. The Kier molecular flexibility index (Phi) is 5.40. The van der Waals surface area contributed by atoms with Crippen LogP contribution in [0.2, 0.25) is 0 Å². The monoisotopic (exact) mass is 271 g/mol. The second kappa shape index (κ2) is 7.28. The molecular formula is C18H25NO. The molecule has 1 aromatic carbocycles. The summed E-state index contributed by atoms with van der Waals surface area (Å²) in [4.78, 5) is 11.2. The van der Waals surface area contributed by atoms with E-state index in [0.29, 0.717) is 5.92 Å². The summed E-state index contributed by atoms with van der Waals surface area (Å²) in [6, 6.07) is 8.30. The van der Waals surface area contributed by atoms with Crippen LogP contribution in [-0.2, 0) is 4.79 Å². The van der Waals surface area contributed by atoms with Gasteiger partial charge >= 0.3 is 0 Å². The second-order valence-electron chi connectivity index (χ2n) is 5.82. The lowest BCUT2D eigenvalue weighted by atomic mass is 9.77. The van der Waals surface area contributed by atoms with Crippen molar-refractivity contribution in [1.82, 2.24) is 0 Å². The van der Waals surface area contributed by atoms with E-state index in [1.54, 1.807) is 0 Å². The highest BCUT2D eigenvalue weighted by molar-refractivity contribution is 5.98. The zero-order chi connectivity index (χ0) is 14.4. The Morgan fingerprint density at radius 2 is 1.90 bits per heavy atom. The van der Waals surface area contributed by atoms with Crippen molar-refractivity contribution < 1.29 is 4.79 Å². The molecular weight excluding hydrogens is 246 g/mol. The van der Waals surface area contributed by atoms with Gasteiger partial charge in [-0.05, 0) is 61.3 Å². The van der Waals surface area contributed by atoms with E-state index in [4.69, 9.17) is 0 Å². The van der Waals surface area contributed by atoms with Gasteiger partial charge in [-0.25, -0.2) is 0 Å². The number of rotatable bonds is 5. The first-order valence-corrected chi connectivity index (χ1v) is 7.76. The fourth-order valence-electron chi connectivity index (χ4n) is 3.22. The largest absolute Gasteiger partial charge is 0.323 e. The molecule has 0 bridgehead atoms. The number of nitrogens with one attached hydrogen (secondary N) is 1. The quantitative estimate of drug-likeness (QED) is 0.759. The molecule has 0 heterocycles. The molecule has 0 aromatic heterocycles. The molecule has 1 saturated carbocycles. The van der Waals surface area contributed by atoms with Crippen LogP contribution < -0.4 is 5.32 Å². The number of carbonyl (C=O) groups is 1. The third kappa shape index (κ3) is 3.96. The summed E-state index contributed by atoms with van der Waals surface area (Å²) in [6.45, 7) is 5.74. The molecule has 0 radical (unpaired) electrons. The van der Waals surface area contributed by atoms with Gasteiger partial charge in [0.1, 0.15) is 0 Å². The van der Waals surface area contributed by atoms with E-state index in [9.17, 15) is 4.79 Å². The van der Waals surface area contributed by atoms with Crippen LogP contribution in [0.15, 0.2) is 36.9 Å². The summed E-state index contributed by atoms with van der Waals surface area (Å²) in [5, 5.41) is 2.79. The highest BCUT2D eigenvalue weighted by Crippen LogP contribution is 2.37. The standard InChI is InChI=1S/C18H25NO/c1-3-5-14-6-8-15(9-7-14)16-10-12-17(13-11-16)19-18(20)4-2/h4,10-15H,2-3,5-9H2,1H3,(H,19,20). The number of hydrogen-bond donors (Lipinski definition) is 1. The van der Waals surface area contributed by atoms with Gasteiger partial charge in [0.05, 0.1) is 0 Å². The molecule has 2 rings (SSSR count). The van der Waals surface area contributed by atoms with E-state index in [1.807, 2.05) is 12.1 Å². The van der Waals surface area contributed by atoms with E-state index >= 15 is 0 Å². The van der Waals surface area contributed by atoms with Crippen molar-refractivity contribution >= 4 is 11.6 Å². The second-order valence-corrected chi connectivity index (χ2v) is 5.82. The highest BCUT2D eigenvalue weighted by atomic mass is 16.1. The average Bonchev–Trinajstić information content (AvgIpc) is 2.49. The number of benzene rings is 1. The van der Waals surface area contributed by atoms with E-state index < -0.39 is 0 Å². The van der Waals surface area contributed by atoms with Gasteiger partial charge in [0.15, 0.2) is 0 Å². The van der Waals surface area contributed by atoms with Gasteiger partial charge in [0.2, 0.25) is 5.91 Å². The fraction of sp³-hybridized carbons (Fsp3) is 0.500. The fourth-order valence-corrected chi connectivity index (χ4v) is 3.22. The lowest BCUT2D eigenvalue weighted by molar-refractivity contribution is -0.111. The Balaban J connectivity index is 1.90. The van der Waals surface area contributed by atoms with Crippen molar-refractivity contribution in [3.63, 3.8) is 0 Å². The van der Waals surface area contributed by atoms with Crippen molar-refractivity contribution in [3.8, 4) is 0 Å². The summed E-state index contributed by atoms with van der Waals surface area (Å²) >= 11 is 0. The lowest BCUT2D eigenvalue weighted by Crippen LogP contribution is -2.13. The summed E-state index contributed by atoms with van der Waals surface area (Å²) in [5.41, 5.74) is 2.26. The molecule has 1 aliphatic rings. The van der Waals surface area contributed by atoms with Gasteiger partial charge in [-0.15, -0.1) is 0 Å². The van der Waals surface area contributed by atoms with Crippen molar-refractivity contribution in [2.45, 2.75) is 51.4 Å². The Morgan fingerprint density at radius 1 is 1.25 bits per heavy atom.